The average Bonchev–Trinajstić information content (AvgIpc) is 3.46. The number of methoxy groups -OCH3 is 1. The van der Waals surface area contributed by atoms with E-state index in [2.05, 4.69) is 0 Å². The smallest absolute Gasteiger partial charge is 0.244 e. The molecule has 27 heavy (non-hydrogen) atoms. The van der Waals surface area contributed by atoms with Gasteiger partial charge in [0.1, 0.15) is 5.75 Å². The molecule has 4 rings (SSSR count). The number of nitrogens with zero attached hydrogens (tertiary/aromatic N) is 1. The monoisotopic (exact) mass is 379 g/mol. The van der Waals surface area contributed by atoms with Crippen LogP contribution < -0.4 is 4.74 Å². The van der Waals surface area contributed by atoms with Crippen molar-refractivity contribution in [1.82, 2.24) is 4.31 Å². The minimum atomic E-state index is -3.59. The van der Waals surface area contributed by atoms with Crippen LogP contribution in [-0.2, 0) is 10.0 Å². The molecular formula is C22H21NO3S. The number of aryl methyl sites for hydroxylation is 1. The van der Waals surface area contributed by atoms with E-state index in [1.807, 2.05) is 73.7 Å². The Morgan fingerprint density at radius 3 is 1.89 bits per heavy atom. The number of hydrogen-bond acceptors (Lipinski definition) is 3. The molecule has 0 spiro atoms. The van der Waals surface area contributed by atoms with Gasteiger partial charge in [-0.25, -0.2) is 8.42 Å². The first-order valence-corrected chi connectivity index (χ1v) is 10.3. The number of rotatable bonds is 5. The summed E-state index contributed by atoms with van der Waals surface area (Å²) in [7, 11) is -1.97. The van der Waals surface area contributed by atoms with E-state index >= 15 is 0 Å². The van der Waals surface area contributed by atoms with Crippen LogP contribution in [0.5, 0.6) is 5.75 Å². The molecule has 0 saturated carbocycles. The van der Waals surface area contributed by atoms with E-state index < -0.39 is 10.0 Å². The highest BCUT2D eigenvalue weighted by Gasteiger charge is 2.56. The third-order valence-corrected chi connectivity index (χ3v) is 6.83. The summed E-state index contributed by atoms with van der Waals surface area (Å²) in [6.45, 7) is 1.95. The second kappa shape index (κ2) is 6.83. The van der Waals surface area contributed by atoms with Gasteiger partial charge in [-0.1, -0.05) is 60.2 Å². The Bertz CT molecular complexity index is 1030. The summed E-state index contributed by atoms with van der Waals surface area (Å²) < 4.78 is 33.4. The minimum absolute atomic E-state index is 0.203. The summed E-state index contributed by atoms with van der Waals surface area (Å²) in [5, 5.41) is 0. The molecule has 1 aliphatic rings. The Balaban J connectivity index is 1.75. The van der Waals surface area contributed by atoms with E-state index in [4.69, 9.17) is 4.74 Å². The predicted octanol–water partition coefficient (Wildman–Crippen LogP) is 4.49. The van der Waals surface area contributed by atoms with E-state index in [1.165, 1.54) is 0 Å². The Kier molecular flexibility index (Phi) is 4.50. The van der Waals surface area contributed by atoms with Crippen LogP contribution in [-0.4, -0.2) is 19.8 Å². The first-order valence-electron chi connectivity index (χ1n) is 8.81. The lowest BCUT2D eigenvalue weighted by atomic mass is 10.0. The molecule has 3 aromatic carbocycles. The van der Waals surface area contributed by atoms with Crippen LogP contribution >= 0.6 is 0 Å². The normalized spacial score (nSPS) is 21.6. The summed E-state index contributed by atoms with van der Waals surface area (Å²) in [5.74, 6) is 0.753. The standard InChI is InChI=1S/C22H21NO3S/c1-16-8-14-20(15-9-16)27(24,25)23-21(17-6-4-3-5-7-17)22(23)18-10-12-19(26-2)13-11-18/h3-15,21-22H,1-2H3/t21-,22-,23?/m1/s1. The minimum Gasteiger partial charge on any atom is -0.497 e. The molecule has 0 bridgehead atoms. The molecule has 1 fully saturated rings. The second-order valence-electron chi connectivity index (χ2n) is 6.72. The van der Waals surface area contributed by atoms with Crippen molar-refractivity contribution in [2.75, 3.05) is 7.11 Å². The van der Waals surface area contributed by atoms with Gasteiger partial charge in [-0.2, -0.15) is 4.31 Å². The van der Waals surface area contributed by atoms with Gasteiger partial charge < -0.3 is 4.74 Å². The van der Waals surface area contributed by atoms with Gasteiger partial charge in [-0.15, -0.1) is 0 Å². The van der Waals surface area contributed by atoms with Crippen molar-refractivity contribution < 1.29 is 13.2 Å². The molecule has 4 nitrogen and oxygen atoms in total. The van der Waals surface area contributed by atoms with Gasteiger partial charge in [-0.3, -0.25) is 0 Å². The Morgan fingerprint density at radius 2 is 1.33 bits per heavy atom. The van der Waals surface area contributed by atoms with Crippen LogP contribution in [0.4, 0.5) is 0 Å². The van der Waals surface area contributed by atoms with Crippen LogP contribution in [0.2, 0.25) is 0 Å². The quantitative estimate of drug-likeness (QED) is 0.614. The fraction of sp³-hybridized carbons (Fsp3) is 0.182. The molecule has 1 unspecified atom stereocenters. The number of hydrogen-bond donors (Lipinski definition) is 0. The van der Waals surface area contributed by atoms with E-state index in [1.54, 1.807) is 23.5 Å². The maximum Gasteiger partial charge on any atom is 0.244 e. The van der Waals surface area contributed by atoms with Gasteiger partial charge in [0.2, 0.25) is 10.0 Å². The summed E-state index contributed by atoms with van der Waals surface area (Å²) in [6, 6.07) is 24.0. The van der Waals surface area contributed by atoms with Crippen molar-refractivity contribution in [3.8, 4) is 5.75 Å². The Labute approximate surface area is 160 Å². The van der Waals surface area contributed by atoms with Gasteiger partial charge in [0, 0.05) is 0 Å². The Hall–Kier alpha value is -2.63. The van der Waals surface area contributed by atoms with Crippen molar-refractivity contribution in [2.45, 2.75) is 23.9 Å². The molecule has 0 N–H and O–H groups in total. The SMILES string of the molecule is COc1ccc([C@@H]2[C@@H](c3ccccc3)N2S(=O)(=O)c2ccc(C)cc2)cc1. The highest BCUT2D eigenvalue weighted by atomic mass is 32.2. The van der Waals surface area contributed by atoms with Crippen molar-refractivity contribution in [3.05, 3.63) is 95.6 Å². The van der Waals surface area contributed by atoms with Gasteiger partial charge >= 0.3 is 0 Å². The molecule has 138 valence electrons. The van der Waals surface area contributed by atoms with Gasteiger partial charge in [-0.05, 0) is 42.3 Å². The van der Waals surface area contributed by atoms with E-state index in [-0.39, 0.29) is 12.1 Å². The molecule has 0 amide bonds. The molecule has 1 aliphatic heterocycles. The third kappa shape index (κ3) is 3.24. The fourth-order valence-electron chi connectivity index (χ4n) is 3.45. The van der Waals surface area contributed by atoms with Crippen LogP contribution in [0.15, 0.2) is 83.8 Å². The van der Waals surface area contributed by atoms with Gasteiger partial charge in [0.15, 0.2) is 0 Å². The summed E-state index contributed by atoms with van der Waals surface area (Å²) in [4.78, 5) is 0.324. The lowest BCUT2D eigenvalue weighted by Gasteiger charge is -2.08. The zero-order valence-electron chi connectivity index (χ0n) is 15.2. The maximum absolute atomic E-state index is 13.3. The summed E-state index contributed by atoms with van der Waals surface area (Å²) in [5.41, 5.74) is 2.99. The van der Waals surface area contributed by atoms with Crippen LogP contribution in [0.25, 0.3) is 0 Å². The average molecular weight is 379 g/mol. The number of benzene rings is 3. The summed E-state index contributed by atoms with van der Waals surface area (Å²) >= 11 is 0. The first kappa shape index (κ1) is 17.8. The fourth-order valence-corrected chi connectivity index (χ4v) is 5.19. The lowest BCUT2D eigenvalue weighted by Crippen LogP contribution is -2.13. The predicted molar refractivity (Wildman–Crippen MR) is 105 cm³/mol. The molecule has 3 atom stereocenters. The van der Waals surface area contributed by atoms with Crippen LogP contribution in [0.3, 0.4) is 0 Å². The third-order valence-electron chi connectivity index (χ3n) is 4.95. The van der Waals surface area contributed by atoms with Gasteiger partial charge in [0.05, 0.1) is 24.1 Å². The topological polar surface area (TPSA) is 46.4 Å². The van der Waals surface area contributed by atoms with Crippen LogP contribution in [0.1, 0.15) is 28.8 Å². The molecule has 1 heterocycles. The molecule has 1 saturated heterocycles. The van der Waals surface area contributed by atoms with Crippen LogP contribution in [0, 0.1) is 6.92 Å². The molecular weight excluding hydrogens is 358 g/mol. The summed E-state index contributed by atoms with van der Waals surface area (Å²) in [6.07, 6.45) is 0. The zero-order chi connectivity index (χ0) is 19.0. The Morgan fingerprint density at radius 1 is 0.778 bits per heavy atom. The zero-order valence-corrected chi connectivity index (χ0v) is 16.1. The second-order valence-corrected chi connectivity index (χ2v) is 8.56. The lowest BCUT2D eigenvalue weighted by molar-refractivity contribution is 0.414. The molecule has 5 heteroatoms. The van der Waals surface area contributed by atoms with E-state index in [0.29, 0.717) is 4.90 Å². The molecule has 0 radical (unpaired) electrons. The first-order chi connectivity index (χ1) is 13.0. The van der Waals surface area contributed by atoms with E-state index in [0.717, 1.165) is 22.4 Å². The number of sulfonamides is 1. The molecule has 3 aromatic rings. The highest BCUT2D eigenvalue weighted by molar-refractivity contribution is 7.89. The highest BCUT2D eigenvalue weighted by Crippen LogP contribution is 2.57. The molecule has 0 aliphatic carbocycles. The van der Waals surface area contributed by atoms with Crippen molar-refractivity contribution in [3.63, 3.8) is 0 Å². The van der Waals surface area contributed by atoms with Gasteiger partial charge in [0.25, 0.3) is 0 Å². The maximum atomic E-state index is 13.3. The van der Waals surface area contributed by atoms with Crippen molar-refractivity contribution in [1.29, 1.82) is 0 Å². The van der Waals surface area contributed by atoms with E-state index in [9.17, 15) is 8.42 Å². The largest absolute Gasteiger partial charge is 0.497 e. The molecule has 0 aromatic heterocycles. The number of ether oxygens (including phenoxy) is 1. The van der Waals surface area contributed by atoms with Crippen molar-refractivity contribution >= 4 is 10.0 Å². The van der Waals surface area contributed by atoms with Crippen molar-refractivity contribution in [2.24, 2.45) is 0 Å².